The van der Waals surface area contributed by atoms with Crippen molar-refractivity contribution in [2.75, 3.05) is 24.1 Å². The van der Waals surface area contributed by atoms with Gasteiger partial charge in [-0.15, -0.1) is 0 Å². The van der Waals surface area contributed by atoms with Crippen molar-refractivity contribution in [3.8, 4) is 0 Å². The van der Waals surface area contributed by atoms with Crippen molar-refractivity contribution in [3.05, 3.63) is 53.9 Å². The molecule has 0 spiro atoms. The number of benzene rings is 1. The van der Waals surface area contributed by atoms with Crippen molar-refractivity contribution in [2.24, 2.45) is 5.92 Å². The molecule has 0 saturated heterocycles. The summed E-state index contributed by atoms with van der Waals surface area (Å²) in [7, 11) is 0. The van der Waals surface area contributed by atoms with Crippen molar-refractivity contribution < 1.29 is 9.59 Å². The molecular formula is C20H24N4O2. The van der Waals surface area contributed by atoms with Crippen LogP contribution in [0.25, 0.3) is 0 Å². The van der Waals surface area contributed by atoms with Gasteiger partial charge in [-0.05, 0) is 49.4 Å². The van der Waals surface area contributed by atoms with E-state index in [1.54, 1.807) is 36.4 Å². The van der Waals surface area contributed by atoms with Crippen LogP contribution in [0.5, 0.6) is 0 Å². The smallest absolute Gasteiger partial charge is 0.272 e. The van der Waals surface area contributed by atoms with Crippen molar-refractivity contribution in [1.29, 1.82) is 0 Å². The predicted molar refractivity (Wildman–Crippen MR) is 102 cm³/mol. The van der Waals surface area contributed by atoms with Crippen LogP contribution in [-0.4, -0.2) is 34.8 Å². The molecule has 26 heavy (non-hydrogen) atoms. The van der Waals surface area contributed by atoms with E-state index in [9.17, 15) is 9.59 Å². The minimum absolute atomic E-state index is 0.0713. The maximum atomic E-state index is 12.7. The summed E-state index contributed by atoms with van der Waals surface area (Å²) in [5, 5.41) is 2.75. The van der Waals surface area contributed by atoms with Gasteiger partial charge in [0.15, 0.2) is 0 Å². The van der Waals surface area contributed by atoms with E-state index in [0.29, 0.717) is 28.6 Å². The fraction of sp³-hybridized carbons (Fsp3) is 0.350. The van der Waals surface area contributed by atoms with Crippen molar-refractivity contribution in [1.82, 2.24) is 9.88 Å². The normalized spacial score (nSPS) is 13.3. The Bertz CT molecular complexity index is 785. The quantitative estimate of drug-likeness (QED) is 0.749. The number of pyridine rings is 1. The van der Waals surface area contributed by atoms with Gasteiger partial charge in [-0.1, -0.05) is 19.1 Å². The van der Waals surface area contributed by atoms with E-state index in [2.05, 4.69) is 17.2 Å². The third kappa shape index (κ3) is 4.39. The van der Waals surface area contributed by atoms with Crippen LogP contribution in [-0.2, 0) is 0 Å². The highest BCUT2D eigenvalue weighted by molar-refractivity contribution is 6.05. The zero-order chi connectivity index (χ0) is 18.5. The molecule has 1 aliphatic carbocycles. The fourth-order valence-corrected chi connectivity index (χ4v) is 2.78. The number of carbonyl (C=O) groups is 2. The number of hydrogen-bond donors (Lipinski definition) is 2. The Kier molecular flexibility index (Phi) is 5.51. The minimum Gasteiger partial charge on any atom is -0.397 e. The Labute approximate surface area is 153 Å². The average Bonchev–Trinajstić information content (AvgIpc) is 3.47. The molecule has 1 aliphatic rings. The summed E-state index contributed by atoms with van der Waals surface area (Å²) in [6, 6.07) is 10.3. The Morgan fingerprint density at radius 1 is 1.23 bits per heavy atom. The summed E-state index contributed by atoms with van der Waals surface area (Å²) in [5.41, 5.74) is 7.64. The molecule has 6 heteroatoms. The van der Waals surface area contributed by atoms with Crippen LogP contribution in [0.3, 0.4) is 0 Å². The molecule has 0 radical (unpaired) electrons. The number of hydrogen-bond acceptors (Lipinski definition) is 4. The molecular weight excluding hydrogens is 328 g/mol. The first-order valence-corrected chi connectivity index (χ1v) is 8.99. The summed E-state index contributed by atoms with van der Waals surface area (Å²) in [4.78, 5) is 31.1. The van der Waals surface area contributed by atoms with E-state index in [0.717, 1.165) is 19.5 Å². The molecule has 3 rings (SSSR count). The summed E-state index contributed by atoms with van der Waals surface area (Å²) in [6.45, 7) is 3.58. The first-order valence-electron chi connectivity index (χ1n) is 8.99. The highest BCUT2D eigenvalue weighted by Gasteiger charge is 2.27. The van der Waals surface area contributed by atoms with Gasteiger partial charge in [0, 0.05) is 19.3 Å². The lowest BCUT2D eigenvalue weighted by Crippen LogP contribution is -2.34. The number of rotatable bonds is 7. The lowest BCUT2D eigenvalue weighted by atomic mass is 10.2. The maximum Gasteiger partial charge on any atom is 0.272 e. The molecule has 1 heterocycles. The Morgan fingerprint density at radius 2 is 2.00 bits per heavy atom. The summed E-state index contributed by atoms with van der Waals surface area (Å²) < 4.78 is 0. The van der Waals surface area contributed by atoms with E-state index in [4.69, 9.17) is 5.73 Å². The Hall–Kier alpha value is -2.89. The molecule has 1 saturated carbocycles. The largest absolute Gasteiger partial charge is 0.397 e. The molecule has 1 fully saturated rings. The Balaban J connectivity index is 1.67. The maximum absolute atomic E-state index is 12.7. The molecule has 1 aromatic carbocycles. The third-order valence-electron chi connectivity index (χ3n) is 4.41. The second-order valence-electron chi connectivity index (χ2n) is 6.67. The van der Waals surface area contributed by atoms with E-state index in [1.165, 1.54) is 19.0 Å². The molecule has 2 aromatic rings. The van der Waals surface area contributed by atoms with Crippen molar-refractivity contribution >= 4 is 23.2 Å². The zero-order valence-corrected chi connectivity index (χ0v) is 14.9. The first-order chi connectivity index (χ1) is 12.6. The van der Waals surface area contributed by atoms with Gasteiger partial charge in [-0.2, -0.15) is 0 Å². The van der Waals surface area contributed by atoms with Gasteiger partial charge in [0.25, 0.3) is 11.8 Å². The molecule has 0 aliphatic heterocycles. The van der Waals surface area contributed by atoms with Gasteiger partial charge in [0.05, 0.1) is 16.9 Å². The SMILES string of the molecule is CCCN(CC1CC1)C(=O)c1ccc(C(=O)Nc2ccccc2N)cn1. The van der Waals surface area contributed by atoms with Crippen LogP contribution in [0, 0.1) is 5.92 Å². The lowest BCUT2D eigenvalue weighted by molar-refractivity contribution is 0.0741. The summed E-state index contributed by atoms with van der Waals surface area (Å²) >= 11 is 0. The number of nitrogens with zero attached hydrogens (tertiary/aromatic N) is 2. The van der Waals surface area contributed by atoms with Crippen LogP contribution >= 0.6 is 0 Å². The van der Waals surface area contributed by atoms with E-state index >= 15 is 0 Å². The number of nitrogens with one attached hydrogen (secondary N) is 1. The number of carbonyl (C=O) groups excluding carboxylic acids is 2. The molecule has 3 N–H and O–H groups in total. The number of para-hydroxylation sites is 2. The van der Waals surface area contributed by atoms with Crippen molar-refractivity contribution in [2.45, 2.75) is 26.2 Å². The lowest BCUT2D eigenvalue weighted by Gasteiger charge is -2.21. The predicted octanol–water partition coefficient (Wildman–Crippen LogP) is 3.18. The number of amides is 2. The van der Waals surface area contributed by atoms with Gasteiger partial charge in [-0.3, -0.25) is 14.6 Å². The standard InChI is InChI=1S/C20H24N4O2/c1-2-11-24(13-14-7-8-14)20(26)18-10-9-15(12-22-18)19(25)23-17-6-4-3-5-16(17)21/h3-6,9-10,12,14H,2,7-8,11,13,21H2,1H3,(H,23,25). The van der Waals surface area contributed by atoms with Crippen LogP contribution in [0.4, 0.5) is 11.4 Å². The molecule has 1 aromatic heterocycles. The number of anilines is 2. The van der Waals surface area contributed by atoms with Crippen LogP contribution < -0.4 is 11.1 Å². The van der Waals surface area contributed by atoms with Gasteiger partial charge < -0.3 is 16.0 Å². The number of nitrogen functional groups attached to an aromatic ring is 1. The molecule has 6 nitrogen and oxygen atoms in total. The van der Waals surface area contributed by atoms with Gasteiger partial charge in [0.1, 0.15) is 5.69 Å². The zero-order valence-electron chi connectivity index (χ0n) is 14.9. The second kappa shape index (κ2) is 7.99. The molecule has 0 atom stereocenters. The number of aromatic nitrogens is 1. The van der Waals surface area contributed by atoms with Crippen LogP contribution in [0.1, 0.15) is 47.0 Å². The van der Waals surface area contributed by atoms with Crippen LogP contribution in [0.2, 0.25) is 0 Å². The average molecular weight is 352 g/mol. The minimum atomic E-state index is -0.308. The first kappa shape index (κ1) is 17.9. The van der Waals surface area contributed by atoms with E-state index in [1.807, 2.05) is 4.90 Å². The van der Waals surface area contributed by atoms with E-state index < -0.39 is 0 Å². The van der Waals surface area contributed by atoms with Crippen molar-refractivity contribution in [3.63, 3.8) is 0 Å². The Morgan fingerprint density at radius 3 is 2.62 bits per heavy atom. The van der Waals surface area contributed by atoms with Crippen LogP contribution in [0.15, 0.2) is 42.6 Å². The third-order valence-corrected chi connectivity index (χ3v) is 4.41. The molecule has 0 unspecified atom stereocenters. The summed E-state index contributed by atoms with van der Waals surface area (Å²) in [6.07, 6.45) is 4.74. The fourth-order valence-electron chi connectivity index (χ4n) is 2.78. The molecule has 2 amide bonds. The topological polar surface area (TPSA) is 88.3 Å². The van der Waals surface area contributed by atoms with Gasteiger partial charge in [0.2, 0.25) is 0 Å². The van der Waals surface area contributed by atoms with Gasteiger partial charge in [-0.25, -0.2) is 0 Å². The number of nitrogens with two attached hydrogens (primary N) is 1. The van der Waals surface area contributed by atoms with E-state index in [-0.39, 0.29) is 11.8 Å². The molecule has 136 valence electrons. The summed E-state index contributed by atoms with van der Waals surface area (Å²) in [5.74, 6) is 0.252. The highest BCUT2D eigenvalue weighted by Crippen LogP contribution is 2.30. The highest BCUT2D eigenvalue weighted by atomic mass is 16.2. The van der Waals surface area contributed by atoms with Gasteiger partial charge >= 0.3 is 0 Å². The monoisotopic (exact) mass is 352 g/mol. The molecule has 0 bridgehead atoms. The second-order valence-corrected chi connectivity index (χ2v) is 6.67.